The van der Waals surface area contributed by atoms with Crippen LogP contribution in [0.1, 0.15) is 80.5 Å². The van der Waals surface area contributed by atoms with E-state index in [1.165, 1.54) is 76.4 Å². The van der Waals surface area contributed by atoms with Gasteiger partial charge in [-0.25, -0.2) is 0 Å². The molecule has 5 heterocycles. The highest BCUT2D eigenvalue weighted by Gasteiger charge is 2.47. The minimum atomic E-state index is -0.0503. The summed E-state index contributed by atoms with van der Waals surface area (Å²) in [7, 11) is 0. The topological polar surface area (TPSA) is 43.4 Å². The summed E-state index contributed by atoms with van der Waals surface area (Å²) in [5.74, 6) is 3.23. The van der Waals surface area contributed by atoms with Gasteiger partial charge in [-0.2, -0.15) is 0 Å². The van der Waals surface area contributed by atoms with Crippen molar-refractivity contribution in [3.05, 3.63) is 99.6 Å². The van der Waals surface area contributed by atoms with Crippen molar-refractivity contribution < 1.29 is 18.9 Å². The third-order valence-electron chi connectivity index (χ3n) is 12.1. The summed E-state index contributed by atoms with van der Waals surface area (Å²) >= 11 is 1.88. The summed E-state index contributed by atoms with van der Waals surface area (Å²) in [6.45, 7) is 25.3. The molecule has 8 heteroatoms. The number of ether oxygens (including phenoxy) is 4. The molecule has 0 amide bonds. The predicted molar refractivity (Wildman–Crippen MR) is 229 cm³/mol. The van der Waals surface area contributed by atoms with Crippen molar-refractivity contribution in [2.75, 3.05) is 23.4 Å². The molecule has 0 bridgehead atoms. The zero-order valence-electron chi connectivity index (χ0n) is 33.7. The maximum absolute atomic E-state index is 6.17. The minimum absolute atomic E-state index is 0.0103. The number of aryl methyl sites for hydroxylation is 4. The van der Waals surface area contributed by atoms with E-state index in [1.807, 2.05) is 11.3 Å². The highest BCUT2D eigenvalue weighted by molar-refractivity contribution is 7.26. The Kier molecular flexibility index (Phi) is 7.19. The highest BCUT2D eigenvalue weighted by atomic mass is 32.1. The Labute approximate surface area is 328 Å². The predicted octanol–water partition coefficient (Wildman–Crippen LogP) is 10.6. The van der Waals surface area contributed by atoms with Gasteiger partial charge in [-0.3, -0.25) is 0 Å². The van der Waals surface area contributed by atoms with Crippen LogP contribution >= 0.6 is 11.3 Å². The largest absolute Gasteiger partial charge is 0.454 e. The third-order valence-corrected chi connectivity index (χ3v) is 13.2. The second kappa shape index (κ2) is 11.5. The van der Waals surface area contributed by atoms with Gasteiger partial charge < -0.3 is 28.7 Å². The zero-order valence-corrected chi connectivity index (χ0v) is 34.5. The van der Waals surface area contributed by atoms with Crippen LogP contribution in [-0.2, 0) is 10.8 Å². The molecule has 5 aromatic carbocycles. The molecule has 1 aromatic heterocycles. The van der Waals surface area contributed by atoms with Gasteiger partial charge in [0.1, 0.15) is 0 Å². The second-order valence-electron chi connectivity index (χ2n) is 18.0. The van der Waals surface area contributed by atoms with E-state index in [9.17, 15) is 0 Å². The molecule has 0 atom stereocenters. The molecule has 0 N–H and O–H groups in total. The highest BCUT2D eigenvalue weighted by Crippen LogP contribution is 2.54. The molecule has 10 rings (SSSR count). The number of fused-ring (bicyclic) bond motifs is 8. The molecule has 4 aliphatic heterocycles. The average molecular weight is 747 g/mol. The fourth-order valence-corrected chi connectivity index (χ4v) is 10.7. The Hall–Kier alpha value is -5.08. The fraction of sp³-hybridized carbons (Fsp3) is 0.319. The first-order chi connectivity index (χ1) is 26.1. The van der Waals surface area contributed by atoms with Gasteiger partial charge in [-0.15, -0.1) is 11.3 Å². The first-order valence-electron chi connectivity index (χ1n) is 19.4. The molecule has 6 aromatic rings. The van der Waals surface area contributed by atoms with Crippen LogP contribution in [0.25, 0.3) is 10.1 Å². The molecule has 0 aliphatic carbocycles. The maximum atomic E-state index is 6.17. The van der Waals surface area contributed by atoms with E-state index >= 15 is 0 Å². The van der Waals surface area contributed by atoms with Crippen molar-refractivity contribution in [2.45, 2.75) is 87.0 Å². The summed E-state index contributed by atoms with van der Waals surface area (Å²) in [6.07, 6.45) is 0. The lowest BCUT2D eigenvalue weighted by atomic mass is 9.33. The lowest BCUT2D eigenvalue weighted by Gasteiger charge is -2.44. The number of rotatable bonds is 2. The standard InChI is InChI=1S/C47H47BN2O4S/c1-24-14-34-41-35(15-24)50(43-27(4)18-38-44(28(43)5)54-23-53-38)45-40(31-19-29(46(6,7)8)12-13-39(31)55-45)48(41)32-20-36-37(52-22-51-36)21-33(32)49(34)42-25(2)16-30(17-26(42)3)47(9,10)11/h12-21H,22-23H2,1-11H3. The molecule has 0 saturated heterocycles. The van der Waals surface area contributed by atoms with Crippen molar-refractivity contribution in [3.63, 3.8) is 0 Å². The molecule has 0 fully saturated rings. The third kappa shape index (κ3) is 4.92. The lowest BCUT2D eigenvalue weighted by Crippen LogP contribution is -2.61. The van der Waals surface area contributed by atoms with Crippen LogP contribution in [0.5, 0.6) is 23.0 Å². The monoisotopic (exact) mass is 746 g/mol. The van der Waals surface area contributed by atoms with E-state index in [-0.39, 0.29) is 31.1 Å². The Morgan fingerprint density at radius 3 is 1.89 bits per heavy atom. The number of thiophene rings is 1. The molecule has 0 saturated carbocycles. The minimum Gasteiger partial charge on any atom is -0.454 e. The van der Waals surface area contributed by atoms with Gasteiger partial charge >= 0.3 is 0 Å². The van der Waals surface area contributed by atoms with Gasteiger partial charge in [-0.1, -0.05) is 65.8 Å². The van der Waals surface area contributed by atoms with E-state index in [2.05, 4.69) is 147 Å². The van der Waals surface area contributed by atoms with E-state index in [1.54, 1.807) is 0 Å². The average Bonchev–Trinajstić information content (AvgIpc) is 3.86. The maximum Gasteiger partial charge on any atom is 0.254 e. The van der Waals surface area contributed by atoms with Gasteiger partial charge in [0.15, 0.2) is 23.0 Å². The fourth-order valence-electron chi connectivity index (χ4n) is 9.41. The molecule has 0 spiro atoms. The molecule has 6 nitrogen and oxygen atoms in total. The number of hydrogen-bond donors (Lipinski definition) is 0. The van der Waals surface area contributed by atoms with E-state index in [4.69, 9.17) is 18.9 Å². The first-order valence-corrected chi connectivity index (χ1v) is 20.2. The van der Waals surface area contributed by atoms with E-state index < -0.39 is 0 Å². The van der Waals surface area contributed by atoms with Gasteiger partial charge in [-0.05, 0) is 131 Å². The Morgan fingerprint density at radius 1 is 0.582 bits per heavy atom. The van der Waals surface area contributed by atoms with Crippen LogP contribution < -0.4 is 45.1 Å². The summed E-state index contributed by atoms with van der Waals surface area (Å²) in [4.78, 5) is 5.07. The quantitative estimate of drug-likeness (QED) is 0.164. The van der Waals surface area contributed by atoms with Gasteiger partial charge in [0.05, 0.1) is 16.4 Å². The normalized spacial score (nSPS) is 15.1. The van der Waals surface area contributed by atoms with Crippen LogP contribution in [0.15, 0.2) is 60.7 Å². The number of benzene rings is 5. The SMILES string of the molecule is Cc1cc2c3c(c1)N(c1c(C)cc4c(c1C)OCO4)c1sc4ccc(C(C)(C)C)cc4c1B3c1cc3c(cc1N2c1c(C)cc(C(C)(C)C)cc1C)OCO3. The van der Waals surface area contributed by atoms with Gasteiger partial charge in [0, 0.05) is 33.4 Å². The zero-order chi connectivity index (χ0) is 38.5. The molecule has 4 aliphatic rings. The van der Waals surface area contributed by atoms with Crippen molar-refractivity contribution >= 4 is 78.0 Å². The van der Waals surface area contributed by atoms with E-state index in [0.717, 1.165) is 45.5 Å². The van der Waals surface area contributed by atoms with Crippen molar-refractivity contribution in [1.29, 1.82) is 0 Å². The van der Waals surface area contributed by atoms with Crippen LogP contribution in [-0.4, -0.2) is 20.3 Å². The van der Waals surface area contributed by atoms with Crippen LogP contribution in [0.3, 0.4) is 0 Å². The molecule has 0 radical (unpaired) electrons. The summed E-state index contributed by atoms with van der Waals surface area (Å²) in [6, 6.07) is 23.3. The van der Waals surface area contributed by atoms with E-state index in [0.29, 0.717) is 0 Å². The number of nitrogens with zero attached hydrogens (tertiary/aromatic N) is 2. The Balaban J connectivity index is 1.35. The van der Waals surface area contributed by atoms with Crippen LogP contribution in [0.2, 0.25) is 0 Å². The Bertz CT molecular complexity index is 2640. The van der Waals surface area contributed by atoms with Crippen molar-refractivity contribution in [3.8, 4) is 23.0 Å². The molecule has 278 valence electrons. The summed E-state index contributed by atoms with van der Waals surface area (Å²) in [5, 5.41) is 2.54. The molecular weight excluding hydrogens is 699 g/mol. The molecule has 0 unspecified atom stereocenters. The second-order valence-corrected chi connectivity index (χ2v) is 19.0. The van der Waals surface area contributed by atoms with Gasteiger partial charge in [0.2, 0.25) is 13.6 Å². The van der Waals surface area contributed by atoms with Crippen molar-refractivity contribution in [2.24, 2.45) is 0 Å². The van der Waals surface area contributed by atoms with Crippen LogP contribution in [0, 0.1) is 34.6 Å². The lowest BCUT2D eigenvalue weighted by molar-refractivity contribution is 0.173. The van der Waals surface area contributed by atoms with Crippen LogP contribution in [0.4, 0.5) is 33.4 Å². The van der Waals surface area contributed by atoms with Gasteiger partial charge in [0.25, 0.3) is 6.71 Å². The molecular formula is C47H47BN2O4S. The smallest absolute Gasteiger partial charge is 0.254 e. The molecule has 55 heavy (non-hydrogen) atoms. The number of hydrogen-bond acceptors (Lipinski definition) is 7. The van der Waals surface area contributed by atoms with Crippen molar-refractivity contribution in [1.82, 2.24) is 0 Å². The Morgan fingerprint density at radius 2 is 1.20 bits per heavy atom. The number of anilines is 6. The summed E-state index contributed by atoms with van der Waals surface area (Å²) in [5.41, 5.74) is 18.3. The first kappa shape index (κ1) is 34.4. The summed E-state index contributed by atoms with van der Waals surface area (Å²) < 4.78 is 25.7.